The molecule has 0 spiro atoms. The molecule has 2 fully saturated rings. The largest absolute Gasteiger partial charge is 0.315 e. The molecule has 3 nitrogen and oxygen atoms in total. The first-order chi connectivity index (χ1) is 10.2. The molecule has 1 saturated heterocycles. The average molecular weight is 287 g/mol. The summed E-state index contributed by atoms with van der Waals surface area (Å²) in [5.74, 6) is 1.54. The highest BCUT2D eigenvalue weighted by molar-refractivity contribution is 5.27. The van der Waals surface area contributed by atoms with Crippen LogP contribution in [0, 0.1) is 5.92 Å². The van der Waals surface area contributed by atoms with Gasteiger partial charge in [-0.3, -0.25) is 0 Å². The average Bonchev–Trinajstić information content (AvgIpc) is 3.29. The third-order valence-corrected chi connectivity index (χ3v) is 5.39. The van der Waals surface area contributed by atoms with E-state index in [0.717, 1.165) is 11.8 Å². The number of hydrogen-bond acceptors (Lipinski definition) is 3. The zero-order valence-corrected chi connectivity index (χ0v) is 13.6. The van der Waals surface area contributed by atoms with Crippen molar-refractivity contribution in [2.75, 3.05) is 40.8 Å². The van der Waals surface area contributed by atoms with Crippen LogP contribution in [-0.4, -0.2) is 62.7 Å². The summed E-state index contributed by atoms with van der Waals surface area (Å²) < 4.78 is 0. The molecule has 1 heterocycles. The topological polar surface area (TPSA) is 18.5 Å². The minimum Gasteiger partial charge on any atom is -0.315 e. The summed E-state index contributed by atoms with van der Waals surface area (Å²) in [5, 5.41) is 3.64. The van der Waals surface area contributed by atoms with Crippen molar-refractivity contribution in [2.24, 2.45) is 5.92 Å². The van der Waals surface area contributed by atoms with Crippen molar-refractivity contribution in [1.82, 2.24) is 15.1 Å². The Morgan fingerprint density at radius 2 is 1.90 bits per heavy atom. The Morgan fingerprint density at radius 3 is 2.62 bits per heavy atom. The lowest BCUT2D eigenvalue weighted by atomic mass is 9.98. The van der Waals surface area contributed by atoms with Gasteiger partial charge in [-0.25, -0.2) is 0 Å². The second-order valence-corrected chi connectivity index (χ2v) is 6.89. The van der Waals surface area contributed by atoms with E-state index >= 15 is 0 Å². The molecule has 1 aromatic carbocycles. The SMILES string of the molecule is CNC(C1CC1c1ccccc1)C1CN(C)CCCN1C. The lowest BCUT2D eigenvalue weighted by molar-refractivity contribution is 0.170. The Labute approximate surface area is 129 Å². The van der Waals surface area contributed by atoms with E-state index in [0.29, 0.717) is 12.1 Å². The van der Waals surface area contributed by atoms with Gasteiger partial charge >= 0.3 is 0 Å². The molecule has 4 atom stereocenters. The van der Waals surface area contributed by atoms with Crippen LogP contribution in [0.5, 0.6) is 0 Å². The van der Waals surface area contributed by atoms with Crippen LogP contribution in [0.2, 0.25) is 0 Å². The molecular weight excluding hydrogens is 258 g/mol. The van der Waals surface area contributed by atoms with Crippen molar-refractivity contribution >= 4 is 0 Å². The van der Waals surface area contributed by atoms with Gasteiger partial charge in [-0.05, 0) is 64.5 Å². The number of rotatable bonds is 4. The molecule has 1 aromatic rings. The molecule has 1 aliphatic carbocycles. The van der Waals surface area contributed by atoms with Crippen LogP contribution < -0.4 is 5.32 Å². The molecule has 1 aliphatic heterocycles. The van der Waals surface area contributed by atoms with Crippen LogP contribution in [0.4, 0.5) is 0 Å². The predicted octanol–water partition coefficient (Wildman–Crippen LogP) is 2.01. The second-order valence-electron chi connectivity index (χ2n) is 6.89. The van der Waals surface area contributed by atoms with E-state index in [4.69, 9.17) is 0 Å². The Kier molecular flexibility index (Phi) is 4.63. The van der Waals surface area contributed by atoms with E-state index in [-0.39, 0.29) is 0 Å². The molecule has 0 radical (unpaired) electrons. The molecule has 2 aliphatic rings. The number of nitrogens with zero attached hydrogens (tertiary/aromatic N) is 2. The standard InChI is InChI=1S/C18H29N3/c1-19-18(17-13-20(2)10-7-11-21(17)3)16-12-15(16)14-8-5-4-6-9-14/h4-6,8-9,15-19H,7,10-13H2,1-3H3. The van der Waals surface area contributed by atoms with Crippen molar-refractivity contribution in [3.63, 3.8) is 0 Å². The fourth-order valence-corrected chi connectivity index (χ4v) is 4.08. The maximum absolute atomic E-state index is 3.64. The van der Waals surface area contributed by atoms with E-state index in [9.17, 15) is 0 Å². The van der Waals surface area contributed by atoms with Gasteiger partial charge in [0.2, 0.25) is 0 Å². The van der Waals surface area contributed by atoms with E-state index in [2.05, 4.69) is 66.6 Å². The normalized spacial score (nSPS) is 32.6. The zero-order chi connectivity index (χ0) is 14.8. The Bertz CT molecular complexity index is 447. The van der Waals surface area contributed by atoms with Gasteiger partial charge in [0.05, 0.1) is 0 Å². The molecule has 4 unspecified atom stereocenters. The Hall–Kier alpha value is -0.900. The first kappa shape index (κ1) is 15.0. The van der Waals surface area contributed by atoms with Crippen LogP contribution >= 0.6 is 0 Å². The smallest absolute Gasteiger partial charge is 0.0376 e. The summed E-state index contributed by atoms with van der Waals surface area (Å²) in [7, 11) is 6.71. The van der Waals surface area contributed by atoms with Crippen molar-refractivity contribution in [3.05, 3.63) is 35.9 Å². The fourth-order valence-electron chi connectivity index (χ4n) is 4.08. The Balaban J connectivity index is 1.70. The minimum atomic E-state index is 0.598. The van der Waals surface area contributed by atoms with Gasteiger partial charge in [0.25, 0.3) is 0 Å². The monoisotopic (exact) mass is 287 g/mol. The number of nitrogens with one attached hydrogen (secondary N) is 1. The lowest BCUT2D eigenvalue weighted by Crippen LogP contribution is -2.52. The highest BCUT2D eigenvalue weighted by Gasteiger charge is 2.47. The maximum Gasteiger partial charge on any atom is 0.0376 e. The number of hydrogen-bond donors (Lipinski definition) is 1. The first-order valence-electron chi connectivity index (χ1n) is 8.31. The van der Waals surface area contributed by atoms with E-state index in [1.54, 1.807) is 0 Å². The fraction of sp³-hybridized carbons (Fsp3) is 0.667. The summed E-state index contributed by atoms with van der Waals surface area (Å²) in [6.45, 7) is 3.62. The highest BCUT2D eigenvalue weighted by atomic mass is 15.2. The number of likely N-dealkylation sites (N-methyl/N-ethyl adjacent to an activating group) is 3. The summed E-state index contributed by atoms with van der Waals surface area (Å²) in [6.07, 6.45) is 2.62. The lowest BCUT2D eigenvalue weighted by Gasteiger charge is -2.35. The highest BCUT2D eigenvalue weighted by Crippen LogP contribution is 2.50. The molecule has 3 heteroatoms. The van der Waals surface area contributed by atoms with Crippen LogP contribution in [0.3, 0.4) is 0 Å². The van der Waals surface area contributed by atoms with Gasteiger partial charge in [-0.2, -0.15) is 0 Å². The van der Waals surface area contributed by atoms with Gasteiger partial charge in [-0.15, -0.1) is 0 Å². The van der Waals surface area contributed by atoms with Crippen molar-refractivity contribution in [3.8, 4) is 0 Å². The van der Waals surface area contributed by atoms with E-state index in [1.165, 1.54) is 38.0 Å². The molecule has 0 aromatic heterocycles. The predicted molar refractivity (Wildman–Crippen MR) is 88.7 cm³/mol. The molecule has 0 bridgehead atoms. The molecule has 116 valence electrons. The van der Waals surface area contributed by atoms with Crippen molar-refractivity contribution < 1.29 is 0 Å². The molecule has 3 rings (SSSR count). The molecule has 1 N–H and O–H groups in total. The molecular formula is C18H29N3. The summed E-state index contributed by atoms with van der Waals surface area (Å²) in [4.78, 5) is 5.07. The quantitative estimate of drug-likeness (QED) is 0.914. The molecule has 0 amide bonds. The van der Waals surface area contributed by atoms with Crippen molar-refractivity contribution in [1.29, 1.82) is 0 Å². The zero-order valence-electron chi connectivity index (χ0n) is 13.6. The second kappa shape index (κ2) is 6.47. The van der Waals surface area contributed by atoms with E-state index < -0.39 is 0 Å². The Morgan fingerprint density at radius 1 is 1.14 bits per heavy atom. The summed E-state index contributed by atoms with van der Waals surface area (Å²) >= 11 is 0. The van der Waals surface area contributed by atoms with Crippen LogP contribution in [0.15, 0.2) is 30.3 Å². The van der Waals surface area contributed by atoms with Crippen LogP contribution in [0.25, 0.3) is 0 Å². The third kappa shape index (κ3) is 3.31. The first-order valence-corrected chi connectivity index (χ1v) is 8.31. The molecule has 1 saturated carbocycles. The van der Waals surface area contributed by atoms with E-state index in [1.807, 2.05) is 0 Å². The van der Waals surface area contributed by atoms with Gasteiger partial charge in [0.15, 0.2) is 0 Å². The number of benzene rings is 1. The van der Waals surface area contributed by atoms with Crippen LogP contribution in [-0.2, 0) is 0 Å². The third-order valence-electron chi connectivity index (χ3n) is 5.39. The van der Waals surface area contributed by atoms with Gasteiger partial charge in [-0.1, -0.05) is 30.3 Å². The van der Waals surface area contributed by atoms with Crippen LogP contribution in [0.1, 0.15) is 24.3 Å². The summed E-state index contributed by atoms with van der Waals surface area (Å²) in [5.41, 5.74) is 1.52. The van der Waals surface area contributed by atoms with Gasteiger partial charge < -0.3 is 15.1 Å². The van der Waals surface area contributed by atoms with Gasteiger partial charge in [0.1, 0.15) is 0 Å². The minimum absolute atomic E-state index is 0.598. The van der Waals surface area contributed by atoms with Crippen molar-refractivity contribution in [2.45, 2.75) is 30.8 Å². The molecule has 21 heavy (non-hydrogen) atoms. The summed E-state index contributed by atoms with van der Waals surface area (Å²) in [6, 6.07) is 12.3. The van der Waals surface area contributed by atoms with Gasteiger partial charge in [0, 0.05) is 18.6 Å². The maximum atomic E-state index is 3.64.